The molecule has 0 heterocycles. The molecule has 2 unspecified atom stereocenters. The van der Waals surface area contributed by atoms with Gasteiger partial charge in [0, 0.05) is 22.4 Å². The van der Waals surface area contributed by atoms with Gasteiger partial charge in [-0.05, 0) is 79.8 Å². The number of aliphatic hydroxyl groups excluding tert-OH is 1. The minimum atomic E-state index is -1.30. The van der Waals surface area contributed by atoms with Crippen molar-refractivity contribution in [2.75, 3.05) is 18.4 Å². The van der Waals surface area contributed by atoms with Crippen molar-refractivity contribution < 1.29 is 24.7 Å². The standard InChI is InChI=1S/C27H30N4O5/c1-18(2)16-28-17-24(33)29-23-14-10-21(11-15-23)7-5-4-6-20-8-12-22(13-9-20)26(34)30-25(19(3)32)27(35)31-36/h8-15,18-19,25,28,32,36H,16-17H2,1-3H3,(H,29,33)(H,30,34)(H,31,35). The lowest BCUT2D eigenvalue weighted by Gasteiger charge is -2.19. The predicted octanol–water partition coefficient (Wildman–Crippen LogP) is 1.26. The van der Waals surface area contributed by atoms with Crippen molar-refractivity contribution in [1.82, 2.24) is 16.1 Å². The van der Waals surface area contributed by atoms with Crippen LogP contribution in [0.15, 0.2) is 48.5 Å². The molecule has 2 atom stereocenters. The van der Waals surface area contributed by atoms with Crippen LogP contribution in [0.4, 0.5) is 5.69 Å². The van der Waals surface area contributed by atoms with Gasteiger partial charge >= 0.3 is 0 Å². The predicted molar refractivity (Wildman–Crippen MR) is 136 cm³/mol. The van der Waals surface area contributed by atoms with Crippen LogP contribution < -0.4 is 21.4 Å². The molecule has 0 aliphatic rings. The molecule has 0 spiro atoms. The van der Waals surface area contributed by atoms with Gasteiger partial charge in [-0.3, -0.25) is 19.6 Å². The summed E-state index contributed by atoms with van der Waals surface area (Å²) < 4.78 is 0. The molecular weight excluding hydrogens is 460 g/mol. The van der Waals surface area contributed by atoms with Crippen molar-refractivity contribution in [2.24, 2.45) is 5.92 Å². The molecule has 3 amide bonds. The Morgan fingerprint density at radius 1 is 0.889 bits per heavy atom. The number of rotatable bonds is 9. The summed E-state index contributed by atoms with van der Waals surface area (Å²) in [6, 6.07) is 12.1. The second-order valence-electron chi connectivity index (χ2n) is 8.40. The number of nitrogens with one attached hydrogen (secondary N) is 4. The van der Waals surface area contributed by atoms with Crippen molar-refractivity contribution in [3.63, 3.8) is 0 Å². The number of amides is 3. The Kier molecular flexibility index (Phi) is 11.2. The van der Waals surface area contributed by atoms with Crippen LogP contribution in [0.3, 0.4) is 0 Å². The fraction of sp³-hybridized carbons (Fsp3) is 0.296. The zero-order chi connectivity index (χ0) is 26.5. The van der Waals surface area contributed by atoms with Gasteiger partial charge in [-0.2, -0.15) is 0 Å². The maximum absolute atomic E-state index is 12.3. The van der Waals surface area contributed by atoms with E-state index in [1.165, 1.54) is 24.5 Å². The Hall–Kier alpha value is -4.15. The molecule has 9 heteroatoms. The lowest BCUT2D eigenvalue weighted by molar-refractivity contribution is -0.133. The summed E-state index contributed by atoms with van der Waals surface area (Å²) in [4.78, 5) is 35.8. The quantitative estimate of drug-likeness (QED) is 0.178. The highest BCUT2D eigenvalue weighted by Crippen LogP contribution is 2.09. The normalized spacial score (nSPS) is 11.7. The topological polar surface area (TPSA) is 140 Å². The Morgan fingerprint density at radius 2 is 1.44 bits per heavy atom. The molecule has 9 nitrogen and oxygen atoms in total. The van der Waals surface area contributed by atoms with Gasteiger partial charge in [0.15, 0.2) is 0 Å². The van der Waals surface area contributed by atoms with Crippen LogP contribution in [-0.2, 0) is 9.59 Å². The van der Waals surface area contributed by atoms with Crippen LogP contribution >= 0.6 is 0 Å². The molecule has 0 bridgehead atoms. The fourth-order valence-corrected chi connectivity index (χ4v) is 2.93. The summed E-state index contributed by atoms with van der Waals surface area (Å²) >= 11 is 0. The third-order valence-electron chi connectivity index (χ3n) is 4.79. The monoisotopic (exact) mass is 490 g/mol. The van der Waals surface area contributed by atoms with E-state index in [0.717, 1.165) is 12.1 Å². The van der Waals surface area contributed by atoms with Crippen molar-refractivity contribution in [1.29, 1.82) is 0 Å². The molecule has 2 aromatic rings. The molecular formula is C27H30N4O5. The van der Waals surface area contributed by atoms with Crippen LogP contribution in [-0.4, -0.2) is 53.3 Å². The third-order valence-corrected chi connectivity index (χ3v) is 4.79. The number of anilines is 1. The van der Waals surface area contributed by atoms with Gasteiger partial charge in [0.25, 0.3) is 11.8 Å². The summed E-state index contributed by atoms with van der Waals surface area (Å²) in [6.07, 6.45) is -1.20. The van der Waals surface area contributed by atoms with E-state index in [1.807, 2.05) is 0 Å². The van der Waals surface area contributed by atoms with Crippen molar-refractivity contribution in [2.45, 2.75) is 32.9 Å². The number of aliphatic hydroxyl groups is 1. The van der Waals surface area contributed by atoms with Crippen LogP contribution in [0.2, 0.25) is 0 Å². The highest BCUT2D eigenvalue weighted by atomic mass is 16.5. The van der Waals surface area contributed by atoms with Crippen molar-refractivity contribution in [3.8, 4) is 23.7 Å². The number of carbonyl (C=O) groups is 3. The van der Waals surface area contributed by atoms with Gasteiger partial charge in [-0.25, -0.2) is 5.48 Å². The minimum absolute atomic E-state index is 0.109. The molecule has 2 aromatic carbocycles. The SMILES string of the molecule is CC(C)CNCC(=O)Nc1ccc(C#CC#Cc2ccc(C(=O)NC(C(=O)NO)C(C)O)cc2)cc1. The molecule has 0 radical (unpaired) electrons. The molecule has 0 saturated carbocycles. The van der Waals surface area contributed by atoms with Crippen LogP contribution in [0.1, 0.15) is 42.3 Å². The Balaban J connectivity index is 1.91. The second-order valence-corrected chi connectivity index (χ2v) is 8.40. The Labute approximate surface area is 210 Å². The van der Waals surface area contributed by atoms with E-state index in [9.17, 15) is 19.5 Å². The minimum Gasteiger partial charge on any atom is -0.391 e. The second kappa shape index (κ2) is 14.3. The summed E-state index contributed by atoms with van der Waals surface area (Å²) in [5.41, 5.74) is 3.72. The molecule has 188 valence electrons. The molecule has 0 aliphatic heterocycles. The molecule has 0 fully saturated rings. The number of benzene rings is 2. The van der Waals surface area contributed by atoms with E-state index >= 15 is 0 Å². The lowest BCUT2D eigenvalue weighted by Crippen LogP contribution is -2.51. The third kappa shape index (κ3) is 9.61. The van der Waals surface area contributed by atoms with Crippen LogP contribution in [0.5, 0.6) is 0 Å². The Morgan fingerprint density at radius 3 is 1.94 bits per heavy atom. The highest BCUT2D eigenvalue weighted by Gasteiger charge is 2.25. The molecule has 0 aliphatic carbocycles. The van der Waals surface area contributed by atoms with Gasteiger partial charge < -0.3 is 21.1 Å². The number of carbonyl (C=O) groups excluding carboxylic acids is 3. The zero-order valence-electron chi connectivity index (χ0n) is 20.4. The van der Waals surface area contributed by atoms with E-state index in [2.05, 4.69) is 53.5 Å². The van der Waals surface area contributed by atoms with Gasteiger partial charge in [0.2, 0.25) is 5.91 Å². The molecule has 0 saturated heterocycles. The summed E-state index contributed by atoms with van der Waals surface area (Å²) in [7, 11) is 0. The Bertz CT molecular complexity index is 1170. The fourth-order valence-electron chi connectivity index (χ4n) is 2.93. The van der Waals surface area contributed by atoms with E-state index in [4.69, 9.17) is 5.21 Å². The number of hydroxylamine groups is 1. The molecule has 0 aromatic heterocycles. The van der Waals surface area contributed by atoms with Crippen LogP contribution in [0.25, 0.3) is 0 Å². The first-order valence-corrected chi connectivity index (χ1v) is 11.3. The number of hydrogen-bond acceptors (Lipinski definition) is 6. The van der Waals surface area contributed by atoms with Gasteiger partial charge in [0.05, 0.1) is 12.6 Å². The molecule has 36 heavy (non-hydrogen) atoms. The van der Waals surface area contributed by atoms with E-state index in [-0.39, 0.29) is 18.0 Å². The first-order valence-electron chi connectivity index (χ1n) is 11.3. The van der Waals surface area contributed by atoms with Gasteiger partial charge in [0.1, 0.15) is 6.04 Å². The zero-order valence-corrected chi connectivity index (χ0v) is 20.4. The van der Waals surface area contributed by atoms with E-state index in [0.29, 0.717) is 17.2 Å². The first-order chi connectivity index (χ1) is 17.2. The van der Waals surface area contributed by atoms with Crippen molar-refractivity contribution in [3.05, 3.63) is 65.2 Å². The maximum Gasteiger partial charge on any atom is 0.268 e. The maximum atomic E-state index is 12.3. The smallest absolute Gasteiger partial charge is 0.268 e. The van der Waals surface area contributed by atoms with Crippen LogP contribution in [0, 0.1) is 29.6 Å². The summed E-state index contributed by atoms with van der Waals surface area (Å²) in [5, 5.41) is 26.6. The highest BCUT2D eigenvalue weighted by molar-refractivity contribution is 5.97. The lowest BCUT2D eigenvalue weighted by atomic mass is 10.1. The molecule has 6 N–H and O–H groups in total. The van der Waals surface area contributed by atoms with E-state index < -0.39 is 24.0 Å². The average molecular weight is 491 g/mol. The van der Waals surface area contributed by atoms with E-state index in [1.54, 1.807) is 36.4 Å². The average Bonchev–Trinajstić information content (AvgIpc) is 2.85. The summed E-state index contributed by atoms with van der Waals surface area (Å²) in [5.74, 6) is 10.2. The first kappa shape index (κ1) is 28.1. The number of hydrogen-bond donors (Lipinski definition) is 6. The van der Waals surface area contributed by atoms with Gasteiger partial charge in [-0.15, -0.1) is 0 Å². The molecule has 2 rings (SSSR count). The largest absolute Gasteiger partial charge is 0.391 e. The van der Waals surface area contributed by atoms with Gasteiger partial charge in [-0.1, -0.05) is 25.7 Å². The van der Waals surface area contributed by atoms with Crippen molar-refractivity contribution >= 4 is 23.4 Å². The summed E-state index contributed by atoms with van der Waals surface area (Å²) in [6.45, 7) is 6.50.